The third kappa shape index (κ3) is 4.55. The Kier molecular flexibility index (Phi) is 5.50. The molecule has 2 aromatic carbocycles. The number of nitrogens with zero attached hydrogens (tertiary/aromatic N) is 1. The average Bonchev–Trinajstić information content (AvgIpc) is 2.96. The van der Waals surface area contributed by atoms with Gasteiger partial charge in [-0.15, -0.1) is 11.3 Å². The zero-order valence-corrected chi connectivity index (χ0v) is 16.1. The van der Waals surface area contributed by atoms with Gasteiger partial charge < -0.3 is 0 Å². The number of sulfonamides is 1. The Morgan fingerprint density at radius 1 is 1.08 bits per heavy atom. The van der Waals surface area contributed by atoms with Crippen molar-refractivity contribution in [3.05, 3.63) is 76.0 Å². The van der Waals surface area contributed by atoms with Crippen LogP contribution in [0.5, 0.6) is 0 Å². The summed E-state index contributed by atoms with van der Waals surface area (Å²) in [6.07, 6.45) is 0. The molecule has 26 heavy (non-hydrogen) atoms. The van der Waals surface area contributed by atoms with E-state index in [1.54, 1.807) is 0 Å². The number of halogens is 1. The summed E-state index contributed by atoms with van der Waals surface area (Å²) in [4.78, 5) is 5.46. The smallest absolute Gasteiger partial charge is 0.216 e. The molecule has 0 fully saturated rings. The molecule has 136 valence electrons. The minimum atomic E-state index is -3.52. The molecule has 0 aliphatic heterocycles. The van der Waals surface area contributed by atoms with E-state index in [2.05, 4.69) is 9.71 Å². The van der Waals surface area contributed by atoms with Crippen LogP contribution < -0.4 is 4.72 Å². The highest BCUT2D eigenvalue weighted by atomic mass is 32.2. The lowest BCUT2D eigenvalue weighted by molar-refractivity contribution is 0.580. The third-order valence-corrected chi connectivity index (χ3v) is 6.48. The summed E-state index contributed by atoms with van der Waals surface area (Å²) in [5.74, 6) is -0.571. The van der Waals surface area contributed by atoms with Crippen LogP contribution in [0.3, 0.4) is 0 Å². The van der Waals surface area contributed by atoms with Crippen molar-refractivity contribution in [3.63, 3.8) is 0 Å². The molecule has 0 bridgehead atoms. The molecular formula is C19H19FN2O2S2. The first kappa shape index (κ1) is 18.7. The molecule has 3 aromatic rings. The fourth-order valence-electron chi connectivity index (χ4n) is 2.55. The molecular weight excluding hydrogens is 371 g/mol. The number of nitrogens with one attached hydrogen (secondary N) is 1. The van der Waals surface area contributed by atoms with Crippen molar-refractivity contribution in [2.24, 2.45) is 0 Å². The highest BCUT2D eigenvalue weighted by Crippen LogP contribution is 2.30. The Morgan fingerprint density at radius 3 is 2.46 bits per heavy atom. The summed E-state index contributed by atoms with van der Waals surface area (Å²) in [6.45, 7) is 4.10. The fraction of sp³-hybridized carbons (Fsp3) is 0.211. The maximum absolute atomic E-state index is 12.9. The van der Waals surface area contributed by atoms with E-state index >= 15 is 0 Å². The molecule has 1 N–H and O–H groups in total. The van der Waals surface area contributed by atoms with Crippen LogP contribution in [0.2, 0.25) is 0 Å². The molecule has 0 amide bonds. The third-order valence-electron chi connectivity index (χ3n) is 3.99. The molecule has 0 unspecified atom stereocenters. The van der Waals surface area contributed by atoms with Crippen molar-refractivity contribution in [2.45, 2.75) is 26.1 Å². The van der Waals surface area contributed by atoms with Gasteiger partial charge in [0.2, 0.25) is 10.0 Å². The summed E-state index contributed by atoms with van der Waals surface area (Å²) in [7, 11) is -3.52. The van der Waals surface area contributed by atoms with Gasteiger partial charge in [-0.1, -0.05) is 36.4 Å². The maximum atomic E-state index is 12.9. The van der Waals surface area contributed by atoms with E-state index in [0.717, 1.165) is 26.7 Å². The minimum absolute atomic E-state index is 0.185. The largest absolute Gasteiger partial charge is 0.241 e. The molecule has 4 nitrogen and oxygen atoms in total. The SMILES string of the molecule is Cc1ccccc1-c1nc(C)c(CNS(=O)(=O)Cc2ccc(F)cc2)s1. The molecule has 0 radical (unpaired) electrons. The predicted molar refractivity (Wildman–Crippen MR) is 103 cm³/mol. The molecule has 0 spiro atoms. The predicted octanol–water partition coefficient (Wildman–Crippen LogP) is 4.19. The number of thiazole rings is 1. The first-order valence-electron chi connectivity index (χ1n) is 8.08. The Balaban J connectivity index is 1.71. The van der Waals surface area contributed by atoms with Crippen LogP contribution in [0.4, 0.5) is 4.39 Å². The van der Waals surface area contributed by atoms with Gasteiger partial charge >= 0.3 is 0 Å². The van der Waals surface area contributed by atoms with Crippen molar-refractivity contribution >= 4 is 21.4 Å². The van der Waals surface area contributed by atoms with Crippen LogP contribution in [0.25, 0.3) is 10.6 Å². The zero-order valence-electron chi connectivity index (χ0n) is 14.5. The molecule has 0 saturated carbocycles. The van der Waals surface area contributed by atoms with Gasteiger partial charge in [0.15, 0.2) is 0 Å². The van der Waals surface area contributed by atoms with E-state index < -0.39 is 10.0 Å². The zero-order chi connectivity index (χ0) is 18.7. The molecule has 0 saturated heterocycles. The van der Waals surface area contributed by atoms with E-state index in [4.69, 9.17) is 0 Å². The topological polar surface area (TPSA) is 59.1 Å². The Hall–Kier alpha value is -2.09. The van der Waals surface area contributed by atoms with E-state index in [1.807, 2.05) is 38.1 Å². The number of aromatic nitrogens is 1. The summed E-state index contributed by atoms with van der Waals surface area (Å²) < 4.78 is 40.1. The van der Waals surface area contributed by atoms with Crippen LogP contribution >= 0.6 is 11.3 Å². The molecule has 0 aliphatic carbocycles. The second-order valence-corrected chi connectivity index (χ2v) is 8.94. The van der Waals surface area contributed by atoms with E-state index in [-0.39, 0.29) is 18.1 Å². The van der Waals surface area contributed by atoms with Gasteiger partial charge in [-0.25, -0.2) is 22.5 Å². The average molecular weight is 391 g/mol. The van der Waals surface area contributed by atoms with Crippen LogP contribution in [-0.2, 0) is 22.3 Å². The van der Waals surface area contributed by atoms with E-state index in [0.29, 0.717) is 5.56 Å². The van der Waals surface area contributed by atoms with Crippen molar-refractivity contribution < 1.29 is 12.8 Å². The van der Waals surface area contributed by atoms with Gasteiger partial charge in [-0.3, -0.25) is 0 Å². The summed E-state index contributed by atoms with van der Waals surface area (Å²) in [5, 5.41) is 0.883. The first-order valence-corrected chi connectivity index (χ1v) is 10.5. The highest BCUT2D eigenvalue weighted by Gasteiger charge is 2.15. The van der Waals surface area contributed by atoms with E-state index in [9.17, 15) is 12.8 Å². The normalized spacial score (nSPS) is 11.7. The van der Waals surface area contributed by atoms with Crippen LogP contribution in [-0.4, -0.2) is 13.4 Å². The quantitative estimate of drug-likeness (QED) is 0.687. The molecule has 3 rings (SSSR count). The lowest BCUT2D eigenvalue weighted by Gasteiger charge is -2.06. The second kappa shape index (κ2) is 7.65. The summed E-state index contributed by atoms with van der Waals surface area (Å²) in [6, 6.07) is 13.4. The molecule has 1 heterocycles. The molecule has 0 atom stereocenters. The maximum Gasteiger partial charge on any atom is 0.216 e. The number of hydrogen-bond donors (Lipinski definition) is 1. The van der Waals surface area contributed by atoms with Gasteiger partial charge in [-0.2, -0.15) is 0 Å². The van der Waals surface area contributed by atoms with Crippen LogP contribution in [0, 0.1) is 19.7 Å². The number of aryl methyl sites for hydroxylation is 2. The van der Waals surface area contributed by atoms with E-state index in [1.165, 1.54) is 35.6 Å². The minimum Gasteiger partial charge on any atom is -0.241 e. The van der Waals surface area contributed by atoms with Crippen LogP contribution in [0.1, 0.15) is 21.7 Å². The highest BCUT2D eigenvalue weighted by molar-refractivity contribution is 7.88. The number of hydrogen-bond acceptors (Lipinski definition) is 4. The number of rotatable bonds is 6. The van der Waals surface area contributed by atoms with Gasteiger partial charge in [0.05, 0.1) is 11.4 Å². The van der Waals surface area contributed by atoms with Gasteiger partial charge in [-0.05, 0) is 37.1 Å². The van der Waals surface area contributed by atoms with Crippen molar-refractivity contribution in [1.29, 1.82) is 0 Å². The van der Waals surface area contributed by atoms with Crippen LogP contribution in [0.15, 0.2) is 48.5 Å². The Bertz CT molecular complexity index is 1010. The summed E-state index contributed by atoms with van der Waals surface area (Å²) >= 11 is 1.49. The monoisotopic (exact) mass is 390 g/mol. The molecule has 7 heteroatoms. The van der Waals surface area contributed by atoms with Crippen molar-refractivity contribution in [2.75, 3.05) is 0 Å². The Morgan fingerprint density at radius 2 is 1.77 bits per heavy atom. The molecule has 1 aromatic heterocycles. The standard InChI is InChI=1S/C19H19FN2O2S2/c1-13-5-3-4-6-17(13)19-22-14(2)18(25-19)11-21-26(23,24)12-15-7-9-16(20)10-8-15/h3-10,21H,11-12H2,1-2H3. The van der Waals surface area contributed by atoms with Gasteiger partial charge in [0, 0.05) is 17.0 Å². The van der Waals surface area contributed by atoms with Gasteiger partial charge in [0.25, 0.3) is 0 Å². The molecule has 0 aliphatic rings. The summed E-state index contributed by atoms with van der Waals surface area (Å²) in [5.41, 5.74) is 3.55. The van der Waals surface area contributed by atoms with Crippen molar-refractivity contribution in [1.82, 2.24) is 9.71 Å². The van der Waals surface area contributed by atoms with Crippen molar-refractivity contribution in [3.8, 4) is 10.6 Å². The first-order chi connectivity index (χ1) is 12.3. The fourth-order valence-corrected chi connectivity index (χ4v) is 4.83. The lowest BCUT2D eigenvalue weighted by Crippen LogP contribution is -2.24. The number of benzene rings is 2. The Labute approximate surface area is 156 Å². The van der Waals surface area contributed by atoms with Gasteiger partial charge in [0.1, 0.15) is 10.8 Å². The lowest BCUT2D eigenvalue weighted by atomic mass is 10.1. The second-order valence-electron chi connectivity index (χ2n) is 6.05.